The first-order chi connectivity index (χ1) is 14.2. The van der Waals surface area contributed by atoms with Crippen LogP contribution in [0.3, 0.4) is 0 Å². The summed E-state index contributed by atoms with van der Waals surface area (Å²) in [6.45, 7) is 0.480. The van der Waals surface area contributed by atoms with Crippen LogP contribution in [-0.4, -0.2) is 28.5 Å². The van der Waals surface area contributed by atoms with Gasteiger partial charge in [0.2, 0.25) is 5.91 Å². The van der Waals surface area contributed by atoms with Crippen molar-refractivity contribution in [1.82, 2.24) is 15.3 Å². The van der Waals surface area contributed by atoms with E-state index in [9.17, 15) is 4.79 Å². The number of ether oxygens (including phenoxy) is 1. The summed E-state index contributed by atoms with van der Waals surface area (Å²) < 4.78 is 6.21. The van der Waals surface area contributed by atoms with Crippen LogP contribution in [0.4, 0.5) is 0 Å². The molecule has 1 aliphatic heterocycles. The highest BCUT2D eigenvalue weighted by Gasteiger charge is 2.51. The summed E-state index contributed by atoms with van der Waals surface area (Å²) in [5.74, 6) is 0.927. The average molecular weight is 406 g/mol. The Morgan fingerprint density at radius 1 is 1.14 bits per heavy atom. The molecule has 2 aliphatic rings. The number of carbonyl (C=O) groups is 1. The Balaban J connectivity index is 1.27. The number of carbonyl (C=O) groups excluding carboxylic acids is 1. The maximum atomic E-state index is 12.9. The molecule has 29 heavy (non-hydrogen) atoms. The Kier molecular flexibility index (Phi) is 4.47. The number of nitrogens with one attached hydrogen (secondary N) is 1. The summed E-state index contributed by atoms with van der Waals surface area (Å²) in [6, 6.07) is 13.7. The smallest absolute Gasteiger partial charge is 0.230 e. The predicted molar refractivity (Wildman–Crippen MR) is 111 cm³/mol. The second-order valence-corrected chi connectivity index (χ2v) is 8.10. The molecule has 1 N–H and O–H groups in total. The molecule has 3 aromatic rings. The van der Waals surface area contributed by atoms with Crippen molar-refractivity contribution in [3.05, 3.63) is 77.3 Å². The molecule has 1 fully saturated rings. The molecule has 1 atom stereocenters. The molecule has 6 heteroatoms. The van der Waals surface area contributed by atoms with Gasteiger partial charge in [-0.05, 0) is 36.1 Å². The van der Waals surface area contributed by atoms with Gasteiger partial charge in [-0.25, -0.2) is 9.97 Å². The largest absolute Gasteiger partial charge is 0.487 e. The van der Waals surface area contributed by atoms with Gasteiger partial charge in [-0.3, -0.25) is 4.79 Å². The lowest BCUT2D eigenvalue weighted by Crippen LogP contribution is -2.40. The summed E-state index contributed by atoms with van der Waals surface area (Å²) in [5.41, 5.74) is 3.67. The van der Waals surface area contributed by atoms with Gasteiger partial charge < -0.3 is 10.1 Å². The Labute approximate surface area is 174 Å². The molecule has 5 nitrogen and oxygen atoms in total. The van der Waals surface area contributed by atoms with Crippen LogP contribution in [0.15, 0.2) is 61.2 Å². The van der Waals surface area contributed by atoms with E-state index in [0.29, 0.717) is 11.6 Å². The van der Waals surface area contributed by atoms with E-state index in [1.807, 2.05) is 36.4 Å². The molecule has 0 unspecified atom stereocenters. The van der Waals surface area contributed by atoms with Crippen LogP contribution in [0, 0.1) is 0 Å². The van der Waals surface area contributed by atoms with Crippen molar-refractivity contribution in [2.45, 2.75) is 30.8 Å². The second kappa shape index (κ2) is 7.16. The molecule has 5 rings (SSSR count). The van der Waals surface area contributed by atoms with Crippen molar-refractivity contribution in [3.8, 4) is 16.9 Å². The fourth-order valence-corrected chi connectivity index (χ4v) is 4.16. The molecule has 1 amide bonds. The molecule has 0 radical (unpaired) electrons. The number of benzene rings is 2. The van der Waals surface area contributed by atoms with Crippen molar-refractivity contribution in [2.75, 3.05) is 6.54 Å². The van der Waals surface area contributed by atoms with Gasteiger partial charge in [0.25, 0.3) is 0 Å². The molecule has 1 saturated carbocycles. The van der Waals surface area contributed by atoms with E-state index in [1.165, 1.54) is 6.33 Å². The van der Waals surface area contributed by atoms with Gasteiger partial charge in [0, 0.05) is 35.0 Å². The number of nitrogens with zero attached hydrogens (tertiary/aromatic N) is 2. The molecular weight excluding hydrogens is 386 g/mol. The van der Waals surface area contributed by atoms with Crippen molar-refractivity contribution >= 4 is 17.5 Å². The molecule has 146 valence electrons. The van der Waals surface area contributed by atoms with E-state index in [1.54, 1.807) is 12.4 Å². The van der Waals surface area contributed by atoms with E-state index in [4.69, 9.17) is 16.3 Å². The average Bonchev–Trinajstić information content (AvgIpc) is 3.46. The number of rotatable bonds is 5. The first kappa shape index (κ1) is 18.1. The van der Waals surface area contributed by atoms with Crippen LogP contribution in [0.25, 0.3) is 11.1 Å². The van der Waals surface area contributed by atoms with Gasteiger partial charge in [-0.15, -0.1) is 0 Å². The normalized spacial score (nSPS) is 18.6. The number of amides is 1. The Morgan fingerprint density at radius 3 is 2.62 bits per heavy atom. The summed E-state index contributed by atoms with van der Waals surface area (Å²) in [6.07, 6.45) is 7.49. The molecular formula is C23H20ClN3O2. The minimum atomic E-state index is -0.414. The highest BCUT2D eigenvalue weighted by atomic mass is 35.5. The summed E-state index contributed by atoms with van der Waals surface area (Å²) in [4.78, 5) is 21.1. The first-order valence-electron chi connectivity index (χ1n) is 9.74. The van der Waals surface area contributed by atoms with E-state index < -0.39 is 5.41 Å². The fourth-order valence-electron chi connectivity index (χ4n) is 4.03. The fraction of sp³-hybridized carbons (Fsp3) is 0.261. The van der Waals surface area contributed by atoms with E-state index in [-0.39, 0.29) is 12.0 Å². The zero-order chi connectivity index (χ0) is 19.8. The van der Waals surface area contributed by atoms with Gasteiger partial charge in [0.05, 0.1) is 12.0 Å². The molecule has 1 aromatic heterocycles. The van der Waals surface area contributed by atoms with Crippen LogP contribution in [0.2, 0.25) is 5.02 Å². The van der Waals surface area contributed by atoms with Crippen molar-refractivity contribution in [2.24, 2.45) is 0 Å². The van der Waals surface area contributed by atoms with Crippen LogP contribution in [-0.2, 0) is 16.6 Å². The molecule has 0 spiro atoms. The zero-order valence-electron chi connectivity index (χ0n) is 15.8. The number of para-hydroxylation sites is 1. The summed E-state index contributed by atoms with van der Waals surface area (Å²) >= 11 is 5.99. The molecule has 2 aromatic carbocycles. The Bertz CT molecular complexity index is 1050. The van der Waals surface area contributed by atoms with Crippen LogP contribution < -0.4 is 10.1 Å². The number of hydrogen-bond acceptors (Lipinski definition) is 4. The number of hydrogen-bond donors (Lipinski definition) is 1. The van der Waals surface area contributed by atoms with E-state index in [0.717, 1.165) is 47.3 Å². The second-order valence-electron chi connectivity index (χ2n) is 7.66. The quantitative estimate of drug-likeness (QED) is 0.698. The third-order valence-corrected chi connectivity index (χ3v) is 6.02. The van der Waals surface area contributed by atoms with Gasteiger partial charge in [0.15, 0.2) is 0 Å². The monoisotopic (exact) mass is 405 g/mol. The maximum Gasteiger partial charge on any atom is 0.230 e. The summed E-state index contributed by atoms with van der Waals surface area (Å²) in [5, 5.41) is 3.80. The minimum absolute atomic E-state index is 0.0658. The predicted octanol–water partition coefficient (Wildman–Crippen LogP) is 3.95. The van der Waals surface area contributed by atoms with Crippen molar-refractivity contribution < 1.29 is 9.53 Å². The van der Waals surface area contributed by atoms with E-state index in [2.05, 4.69) is 21.4 Å². The molecule has 0 bridgehead atoms. The Morgan fingerprint density at radius 2 is 1.90 bits per heavy atom. The van der Waals surface area contributed by atoms with Crippen molar-refractivity contribution in [1.29, 1.82) is 0 Å². The highest BCUT2D eigenvalue weighted by Crippen LogP contribution is 2.48. The lowest BCUT2D eigenvalue weighted by molar-refractivity contribution is -0.123. The topological polar surface area (TPSA) is 64.1 Å². The van der Waals surface area contributed by atoms with Gasteiger partial charge in [-0.1, -0.05) is 41.9 Å². The summed E-state index contributed by atoms with van der Waals surface area (Å²) in [7, 11) is 0. The molecule has 0 saturated heterocycles. The van der Waals surface area contributed by atoms with Crippen LogP contribution in [0.1, 0.15) is 24.0 Å². The standard InChI is InChI=1S/C23H20ClN3O2/c24-18-6-4-17(5-7-18)23(8-9-23)22(28)27-13-19-10-15-2-1-3-20(21(15)29-19)16-11-25-14-26-12-16/h1-7,11-12,14,19H,8-10,13H2,(H,27,28)/t19-/m1/s1. The lowest BCUT2D eigenvalue weighted by atomic mass is 9.95. The molecule has 1 aliphatic carbocycles. The zero-order valence-corrected chi connectivity index (χ0v) is 16.5. The SMILES string of the molecule is O=C(NC[C@H]1Cc2cccc(-c3cncnc3)c2O1)C1(c2ccc(Cl)cc2)CC1. The maximum absolute atomic E-state index is 12.9. The van der Waals surface area contributed by atoms with Gasteiger partial charge in [-0.2, -0.15) is 0 Å². The third kappa shape index (κ3) is 3.36. The van der Waals surface area contributed by atoms with Crippen LogP contribution >= 0.6 is 11.6 Å². The highest BCUT2D eigenvalue weighted by molar-refractivity contribution is 6.30. The van der Waals surface area contributed by atoms with E-state index >= 15 is 0 Å². The number of fused-ring (bicyclic) bond motifs is 1. The number of aromatic nitrogens is 2. The minimum Gasteiger partial charge on any atom is -0.487 e. The first-order valence-corrected chi connectivity index (χ1v) is 10.1. The lowest BCUT2D eigenvalue weighted by Gasteiger charge is -2.18. The van der Waals surface area contributed by atoms with Gasteiger partial charge >= 0.3 is 0 Å². The third-order valence-electron chi connectivity index (χ3n) is 5.77. The van der Waals surface area contributed by atoms with Crippen LogP contribution in [0.5, 0.6) is 5.75 Å². The van der Waals surface area contributed by atoms with Gasteiger partial charge in [0.1, 0.15) is 18.2 Å². The van der Waals surface area contributed by atoms with Crippen molar-refractivity contribution in [3.63, 3.8) is 0 Å². The molecule has 2 heterocycles. The Hall–Kier alpha value is -2.92. The number of halogens is 1.